The molecular weight excluding hydrogens is 325 g/mol. The van der Waals surface area contributed by atoms with Crippen LogP contribution in [0, 0.1) is 0 Å². The predicted molar refractivity (Wildman–Crippen MR) is 87.9 cm³/mol. The van der Waals surface area contributed by atoms with Crippen molar-refractivity contribution in [3.8, 4) is 5.75 Å². The number of hydrogen-bond donors (Lipinski definition) is 0. The van der Waals surface area contributed by atoms with Crippen LogP contribution in [0.1, 0.15) is 20.3 Å². The van der Waals surface area contributed by atoms with Gasteiger partial charge in [0, 0.05) is 0 Å². The molecule has 1 aliphatic rings. The van der Waals surface area contributed by atoms with E-state index < -0.39 is 12.7 Å². The van der Waals surface area contributed by atoms with Gasteiger partial charge in [0.2, 0.25) is 0 Å². The Balaban J connectivity index is 2.37. The number of ether oxygens (including phenoxy) is 2. The first-order chi connectivity index (χ1) is 10.5. The lowest BCUT2D eigenvalue weighted by atomic mass is 10.3. The summed E-state index contributed by atoms with van der Waals surface area (Å²) in [5, 5.41) is 0. The lowest BCUT2D eigenvalue weighted by Crippen LogP contribution is -2.34. The molecule has 1 aliphatic heterocycles. The van der Waals surface area contributed by atoms with E-state index >= 15 is 0 Å². The quantitative estimate of drug-likeness (QED) is 0.776. The molecule has 1 heterocycles. The van der Waals surface area contributed by atoms with Gasteiger partial charge in [0.15, 0.2) is 0 Å². The summed E-state index contributed by atoms with van der Waals surface area (Å²) < 4.78 is 23.1. The Morgan fingerprint density at radius 1 is 1.45 bits per heavy atom. The van der Waals surface area contributed by atoms with Gasteiger partial charge in [0.05, 0.1) is 32.1 Å². The summed E-state index contributed by atoms with van der Waals surface area (Å²) in [7, 11) is 1.58. The maximum atomic E-state index is 12.4. The van der Waals surface area contributed by atoms with Gasteiger partial charge in [-0.25, -0.2) is 9.46 Å². The molecule has 0 unspecified atom stereocenters. The zero-order chi connectivity index (χ0) is 16.2. The SMILES string of the molecule is CCOC(=O)N(c1ccc(OC)cc1)[P@]1(=S)OCC[C@@H](C)O1. The van der Waals surface area contributed by atoms with Crippen molar-refractivity contribution in [3.63, 3.8) is 0 Å². The van der Waals surface area contributed by atoms with Crippen LogP contribution in [0.2, 0.25) is 0 Å². The zero-order valence-electron chi connectivity index (χ0n) is 12.9. The first-order valence-corrected chi connectivity index (χ1v) is 9.63. The molecule has 1 saturated heterocycles. The molecule has 0 saturated carbocycles. The molecule has 1 aromatic carbocycles. The fraction of sp³-hybridized carbons (Fsp3) is 0.500. The van der Waals surface area contributed by atoms with Crippen LogP contribution in [0.4, 0.5) is 10.5 Å². The summed E-state index contributed by atoms with van der Waals surface area (Å²) in [6.07, 6.45) is 0.123. The Morgan fingerprint density at radius 2 is 2.14 bits per heavy atom. The molecule has 2 atom stereocenters. The minimum atomic E-state index is -2.96. The van der Waals surface area contributed by atoms with E-state index in [1.807, 2.05) is 6.92 Å². The van der Waals surface area contributed by atoms with Gasteiger partial charge in [-0.15, -0.1) is 0 Å². The monoisotopic (exact) mass is 345 g/mol. The van der Waals surface area contributed by atoms with Crippen molar-refractivity contribution in [1.82, 2.24) is 0 Å². The normalized spacial score (nSPS) is 24.6. The number of amides is 1. The van der Waals surface area contributed by atoms with Gasteiger partial charge in [-0.1, -0.05) is 0 Å². The third-order valence-electron chi connectivity index (χ3n) is 3.09. The summed E-state index contributed by atoms with van der Waals surface area (Å²) in [6.45, 7) is 1.41. The molecule has 0 radical (unpaired) electrons. The largest absolute Gasteiger partial charge is 0.497 e. The molecule has 1 fully saturated rings. The summed E-state index contributed by atoms with van der Waals surface area (Å²) in [4.78, 5) is 12.4. The van der Waals surface area contributed by atoms with Gasteiger partial charge in [-0.05, 0) is 56.3 Å². The fourth-order valence-electron chi connectivity index (χ4n) is 2.00. The van der Waals surface area contributed by atoms with Gasteiger partial charge in [0.1, 0.15) is 5.75 Å². The first kappa shape index (κ1) is 17.2. The Bertz CT molecular complexity index is 565. The molecule has 0 N–H and O–H groups in total. The fourth-order valence-corrected chi connectivity index (χ4v) is 4.99. The molecule has 0 aromatic heterocycles. The molecular formula is C14H20NO5PS. The lowest BCUT2D eigenvalue weighted by Gasteiger charge is -2.37. The minimum Gasteiger partial charge on any atom is -0.497 e. The third kappa shape index (κ3) is 3.79. The highest BCUT2D eigenvalue weighted by molar-refractivity contribution is 8.11. The summed E-state index contributed by atoms with van der Waals surface area (Å²) in [6, 6.07) is 6.96. The van der Waals surface area contributed by atoms with Crippen molar-refractivity contribution in [2.45, 2.75) is 26.4 Å². The van der Waals surface area contributed by atoms with Crippen LogP contribution in [-0.4, -0.2) is 32.5 Å². The Labute approximate surface area is 135 Å². The number of carbonyl (C=O) groups excluding carboxylic acids is 1. The van der Waals surface area contributed by atoms with Crippen molar-refractivity contribution < 1.29 is 23.3 Å². The predicted octanol–water partition coefficient (Wildman–Crippen LogP) is 3.71. The average Bonchev–Trinajstić information content (AvgIpc) is 2.48. The van der Waals surface area contributed by atoms with Crippen LogP contribution in [0.25, 0.3) is 0 Å². The molecule has 22 heavy (non-hydrogen) atoms. The second kappa shape index (κ2) is 7.42. The van der Waals surface area contributed by atoms with Crippen LogP contribution in [0.5, 0.6) is 5.75 Å². The highest BCUT2D eigenvalue weighted by Crippen LogP contribution is 2.58. The number of hydrogen-bond acceptors (Lipinski definition) is 6. The summed E-state index contributed by atoms with van der Waals surface area (Å²) in [5.74, 6) is 0.683. The summed E-state index contributed by atoms with van der Waals surface area (Å²) >= 11 is 5.55. The van der Waals surface area contributed by atoms with Gasteiger partial charge in [-0.3, -0.25) is 0 Å². The van der Waals surface area contributed by atoms with E-state index in [9.17, 15) is 4.79 Å². The highest BCUT2D eigenvalue weighted by Gasteiger charge is 2.39. The van der Waals surface area contributed by atoms with Crippen LogP contribution >= 0.6 is 6.64 Å². The molecule has 8 heteroatoms. The number of rotatable bonds is 4. The van der Waals surface area contributed by atoms with Crippen molar-refractivity contribution in [2.75, 3.05) is 25.0 Å². The van der Waals surface area contributed by atoms with E-state index in [2.05, 4.69) is 0 Å². The highest BCUT2D eigenvalue weighted by atomic mass is 32.5. The summed E-state index contributed by atoms with van der Waals surface area (Å²) in [5.41, 5.74) is 0.566. The second-order valence-corrected chi connectivity index (χ2v) is 7.91. The number of benzene rings is 1. The Hall–Kier alpha value is -1.14. The van der Waals surface area contributed by atoms with Crippen molar-refractivity contribution in [2.24, 2.45) is 0 Å². The second-order valence-electron chi connectivity index (χ2n) is 4.72. The molecule has 1 amide bonds. The van der Waals surface area contributed by atoms with Gasteiger partial charge in [-0.2, -0.15) is 0 Å². The van der Waals surface area contributed by atoms with Gasteiger partial charge >= 0.3 is 6.09 Å². The molecule has 0 bridgehead atoms. The van der Waals surface area contributed by atoms with E-state index in [0.717, 1.165) is 6.42 Å². The third-order valence-corrected chi connectivity index (χ3v) is 6.18. The number of anilines is 1. The number of methoxy groups -OCH3 is 1. The molecule has 0 spiro atoms. The Morgan fingerprint density at radius 3 is 2.68 bits per heavy atom. The van der Waals surface area contributed by atoms with Gasteiger partial charge < -0.3 is 18.5 Å². The molecule has 6 nitrogen and oxygen atoms in total. The van der Waals surface area contributed by atoms with Crippen molar-refractivity contribution in [3.05, 3.63) is 24.3 Å². The van der Waals surface area contributed by atoms with Crippen molar-refractivity contribution in [1.29, 1.82) is 0 Å². The smallest absolute Gasteiger partial charge is 0.421 e. The van der Waals surface area contributed by atoms with E-state index in [0.29, 0.717) is 18.0 Å². The first-order valence-electron chi connectivity index (χ1n) is 7.04. The van der Waals surface area contributed by atoms with Crippen LogP contribution in [0.15, 0.2) is 24.3 Å². The molecule has 0 aliphatic carbocycles. The Kier molecular flexibility index (Phi) is 5.81. The lowest BCUT2D eigenvalue weighted by molar-refractivity contribution is 0.114. The van der Waals surface area contributed by atoms with Crippen LogP contribution in [0.3, 0.4) is 0 Å². The molecule has 2 rings (SSSR count). The molecule has 122 valence electrons. The minimum absolute atomic E-state index is 0.0604. The van der Waals surface area contributed by atoms with E-state index in [4.69, 9.17) is 30.3 Å². The van der Waals surface area contributed by atoms with E-state index in [1.165, 1.54) is 4.67 Å². The van der Waals surface area contributed by atoms with Gasteiger partial charge in [0.25, 0.3) is 6.64 Å². The number of carbonyl (C=O) groups is 1. The van der Waals surface area contributed by atoms with Crippen LogP contribution in [-0.2, 0) is 25.6 Å². The van der Waals surface area contributed by atoms with Crippen LogP contribution < -0.4 is 9.41 Å². The van der Waals surface area contributed by atoms with Crippen molar-refractivity contribution >= 4 is 30.2 Å². The standard InChI is InChI=1S/C14H20NO5PS/c1-4-18-14(16)15(12-5-7-13(17-3)8-6-12)21(22)19-10-9-11(2)20-21/h5-8,11H,4,9-10H2,1-3H3/t11-,21+/m1/s1. The average molecular weight is 345 g/mol. The maximum absolute atomic E-state index is 12.4. The zero-order valence-corrected chi connectivity index (χ0v) is 14.6. The molecule has 1 aromatic rings. The maximum Gasteiger partial charge on any atom is 0.421 e. The number of nitrogens with zero attached hydrogens (tertiary/aromatic N) is 1. The van der Waals surface area contributed by atoms with E-state index in [-0.39, 0.29) is 12.7 Å². The van der Waals surface area contributed by atoms with E-state index in [1.54, 1.807) is 38.3 Å². The topological polar surface area (TPSA) is 57.2 Å².